The molecule has 1 unspecified atom stereocenters. The molecule has 1 aliphatic rings. The van der Waals surface area contributed by atoms with Crippen molar-refractivity contribution in [3.05, 3.63) is 35.6 Å². The van der Waals surface area contributed by atoms with Crippen LogP contribution in [0.4, 0.5) is 4.39 Å². The van der Waals surface area contributed by atoms with Crippen LogP contribution in [0.15, 0.2) is 24.3 Å². The summed E-state index contributed by atoms with van der Waals surface area (Å²) < 4.78 is 19.5. The molecular weight excluding hydrogens is 265 g/mol. The fraction of sp³-hybridized carbons (Fsp3) is 0.667. The van der Waals surface area contributed by atoms with Crippen LogP contribution in [-0.4, -0.2) is 25.3 Å². The monoisotopic (exact) mass is 293 g/mol. The molecule has 1 aliphatic carbocycles. The van der Waals surface area contributed by atoms with Crippen molar-refractivity contribution in [3.63, 3.8) is 0 Å². The van der Waals surface area contributed by atoms with E-state index >= 15 is 0 Å². The third kappa shape index (κ3) is 6.15. The van der Waals surface area contributed by atoms with E-state index in [9.17, 15) is 4.39 Å². The van der Waals surface area contributed by atoms with Gasteiger partial charge in [0.05, 0.1) is 6.10 Å². The zero-order chi connectivity index (χ0) is 14.9. The average Bonchev–Trinajstić information content (AvgIpc) is 2.50. The number of hydrogen-bond acceptors (Lipinski definition) is 2. The first-order chi connectivity index (χ1) is 10.3. The Bertz CT molecular complexity index is 404. The minimum absolute atomic E-state index is 0.105. The van der Waals surface area contributed by atoms with Gasteiger partial charge in [0.2, 0.25) is 0 Å². The molecule has 1 saturated carbocycles. The molecule has 0 amide bonds. The fourth-order valence-corrected chi connectivity index (χ4v) is 2.97. The smallest absolute Gasteiger partial charge is 0.126 e. The van der Waals surface area contributed by atoms with E-state index in [1.54, 1.807) is 6.07 Å². The second-order valence-corrected chi connectivity index (χ2v) is 6.14. The maximum absolute atomic E-state index is 13.6. The summed E-state index contributed by atoms with van der Waals surface area (Å²) in [6, 6.07) is 7.30. The van der Waals surface area contributed by atoms with Gasteiger partial charge in [-0.3, -0.25) is 0 Å². The number of rotatable bonds is 8. The highest BCUT2D eigenvalue weighted by molar-refractivity contribution is 5.18. The van der Waals surface area contributed by atoms with Crippen molar-refractivity contribution in [2.45, 2.75) is 64.0 Å². The van der Waals surface area contributed by atoms with Crippen LogP contribution in [0.25, 0.3) is 0 Å². The second-order valence-electron chi connectivity index (χ2n) is 6.14. The molecule has 0 radical (unpaired) electrons. The van der Waals surface area contributed by atoms with Crippen LogP contribution in [0, 0.1) is 5.82 Å². The summed E-state index contributed by atoms with van der Waals surface area (Å²) in [6.45, 7) is 3.88. The quantitative estimate of drug-likeness (QED) is 0.729. The van der Waals surface area contributed by atoms with Gasteiger partial charge in [-0.1, -0.05) is 37.5 Å². The summed E-state index contributed by atoms with van der Waals surface area (Å²) in [4.78, 5) is 0. The minimum atomic E-state index is -0.105. The van der Waals surface area contributed by atoms with Gasteiger partial charge in [0.25, 0.3) is 0 Å². The maximum Gasteiger partial charge on any atom is 0.126 e. The molecule has 2 nitrogen and oxygen atoms in total. The first-order valence-electron chi connectivity index (χ1n) is 8.34. The summed E-state index contributed by atoms with van der Waals surface area (Å²) in [7, 11) is 0. The lowest BCUT2D eigenvalue weighted by Gasteiger charge is -2.22. The van der Waals surface area contributed by atoms with Gasteiger partial charge >= 0.3 is 0 Å². The largest absolute Gasteiger partial charge is 0.378 e. The Labute approximate surface area is 128 Å². The molecule has 0 heterocycles. The van der Waals surface area contributed by atoms with E-state index in [2.05, 4.69) is 12.2 Å². The third-order valence-corrected chi connectivity index (χ3v) is 4.20. The molecule has 3 heteroatoms. The first kappa shape index (κ1) is 16.4. The molecule has 1 fully saturated rings. The Kier molecular flexibility index (Phi) is 7.17. The van der Waals surface area contributed by atoms with Crippen LogP contribution in [0.2, 0.25) is 0 Å². The Morgan fingerprint density at radius 3 is 2.76 bits per heavy atom. The molecule has 1 atom stereocenters. The van der Waals surface area contributed by atoms with Gasteiger partial charge in [-0.15, -0.1) is 0 Å². The van der Waals surface area contributed by atoms with Crippen LogP contribution in [0.5, 0.6) is 0 Å². The lowest BCUT2D eigenvalue weighted by Crippen LogP contribution is -2.30. The van der Waals surface area contributed by atoms with E-state index < -0.39 is 0 Å². The molecule has 1 aromatic rings. The molecule has 118 valence electrons. The standard InChI is InChI=1S/C18H28FNO/c1-15(14-16-8-5-6-11-18(16)19)20-12-7-13-21-17-9-3-2-4-10-17/h5-6,8,11,15,17,20H,2-4,7,9-10,12-14H2,1H3. The normalized spacial score (nSPS) is 17.8. The molecule has 1 N–H and O–H groups in total. The van der Waals surface area contributed by atoms with Gasteiger partial charge in [-0.25, -0.2) is 4.39 Å². The first-order valence-corrected chi connectivity index (χ1v) is 8.34. The zero-order valence-corrected chi connectivity index (χ0v) is 13.1. The fourth-order valence-electron chi connectivity index (χ4n) is 2.97. The van der Waals surface area contributed by atoms with Gasteiger partial charge in [0.1, 0.15) is 5.82 Å². The summed E-state index contributed by atoms with van der Waals surface area (Å²) in [5.41, 5.74) is 0.788. The molecule has 0 spiro atoms. The summed E-state index contributed by atoms with van der Waals surface area (Å²) >= 11 is 0. The molecule has 0 saturated heterocycles. The number of benzene rings is 1. The Balaban J connectivity index is 1.55. The second kappa shape index (κ2) is 9.16. The number of hydrogen-bond donors (Lipinski definition) is 1. The van der Waals surface area contributed by atoms with E-state index in [-0.39, 0.29) is 11.9 Å². The van der Waals surface area contributed by atoms with Gasteiger partial charge in [-0.2, -0.15) is 0 Å². The highest BCUT2D eigenvalue weighted by Crippen LogP contribution is 2.20. The number of ether oxygens (including phenoxy) is 1. The van der Waals surface area contributed by atoms with Gasteiger partial charge in [0, 0.05) is 12.6 Å². The minimum Gasteiger partial charge on any atom is -0.378 e. The van der Waals surface area contributed by atoms with E-state index in [0.29, 0.717) is 6.10 Å². The number of halogens is 1. The van der Waals surface area contributed by atoms with E-state index in [4.69, 9.17) is 4.74 Å². The lowest BCUT2D eigenvalue weighted by atomic mass is 9.98. The molecule has 0 aliphatic heterocycles. The molecular formula is C18H28FNO. The predicted octanol–water partition coefficient (Wildman–Crippen LogP) is 4.09. The Hall–Kier alpha value is -0.930. The topological polar surface area (TPSA) is 21.3 Å². The summed E-state index contributed by atoms with van der Waals surface area (Å²) in [6.07, 6.45) is 8.73. The molecule has 0 bridgehead atoms. The van der Waals surface area contributed by atoms with Crippen molar-refractivity contribution in [2.24, 2.45) is 0 Å². The maximum atomic E-state index is 13.6. The molecule has 1 aromatic carbocycles. The Morgan fingerprint density at radius 2 is 2.00 bits per heavy atom. The zero-order valence-electron chi connectivity index (χ0n) is 13.1. The van der Waals surface area contributed by atoms with Crippen LogP contribution in [0.3, 0.4) is 0 Å². The average molecular weight is 293 g/mol. The van der Waals surface area contributed by atoms with Crippen LogP contribution >= 0.6 is 0 Å². The van der Waals surface area contributed by atoms with Crippen molar-refractivity contribution in [1.29, 1.82) is 0 Å². The van der Waals surface area contributed by atoms with Crippen LogP contribution in [0.1, 0.15) is 51.0 Å². The van der Waals surface area contributed by atoms with Crippen molar-refractivity contribution in [2.75, 3.05) is 13.2 Å². The van der Waals surface area contributed by atoms with E-state index in [0.717, 1.165) is 31.6 Å². The van der Waals surface area contributed by atoms with Crippen molar-refractivity contribution >= 4 is 0 Å². The van der Waals surface area contributed by atoms with Crippen molar-refractivity contribution < 1.29 is 9.13 Å². The van der Waals surface area contributed by atoms with E-state index in [1.807, 2.05) is 12.1 Å². The lowest BCUT2D eigenvalue weighted by molar-refractivity contribution is 0.0271. The Morgan fingerprint density at radius 1 is 1.24 bits per heavy atom. The molecule has 0 aromatic heterocycles. The number of nitrogens with one attached hydrogen (secondary N) is 1. The van der Waals surface area contributed by atoms with Crippen LogP contribution in [-0.2, 0) is 11.2 Å². The molecule has 2 rings (SSSR count). The van der Waals surface area contributed by atoms with Crippen molar-refractivity contribution in [3.8, 4) is 0 Å². The predicted molar refractivity (Wildman–Crippen MR) is 85.0 cm³/mol. The SMILES string of the molecule is CC(Cc1ccccc1F)NCCCOC1CCCCC1. The third-order valence-electron chi connectivity index (χ3n) is 4.20. The van der Waals surface area contributed by atoms with Crippen LogP contribution < -0.4 is 5.32 Å². The highest BCUT2D eigenvalue weighted by atomic mass is 19.1. The highest BCUT2D eigenvalue weighted by Gasteiger charge is 2.13. The molecule has 21 heavy (non-hydrogen) atoms. The summed E-state index contributed by atoms with van der Waals surface area (Å²) in [5.74, 6) is -0.105. The van der Waals surface area contributed by atoms with E-state index in [1.165, 1.54) is 38.2 Å². The van der Waals surface area contributed by atoms with Gasteiger partial charge in [-0.05, 0) is 50.8 Å². The van der Waals surface area contributed by atoms with Gasteiger partial charge in [0.15, 0.2) is 0 Å². The van der Waals surface area contributed by atoms with Crippen molar-refractivity contribution in [1.82, 2.24) is 5.32 Å². The summed E-state index contributed by atoms with van der Waals surface area (Å²) in [5, 5.41) is 3.45. The van der Waals surface area contributed by atoms with Gasteiger partial charge < -0.3 is 10.1 Å².